The molecule has 1 rings (SSSR count). The first-order chi connectivity index (χ1) is 8.17. The lowest BCUT2D eigenvalue weighted by atomic mass is 10.1. The molecule has 1 aromatic rings. The summed E-state index contributed by atoms with van der Waals surface area (Å²) in [4.78, 5) is 4.39. The summed E-state index contributed by atoms with van der Waals surface area (Å²) in [5.74, 6) is 1.66. The van der Waals surface area contributed by atoms with Crippen LogP contribution in [-0.4, -0.2) is 4.98 Å². The monoisotopic (exact) mass is 231 g/mol. The predicted molar refractivity (Wildman–Crippen MR) is 72.0 cm³/mol. The quantitative estimate of drug-likeness (QED) is 0.542. The van der Waals surface area contributed by atoms with Gasteiger partial charge in [0.15, 0.2) is 5.89 Å². The van der Waals surface area contributed by atoms with E-state index in [4.69, 9.17) is 4.42 Å². The van der Waals surface area contributed by atoms with Crippen molar-refractivity contribution in [1.82, 2.24) is 4.98 Å². The molecule has 1 aromatic heterocycles. The van der Waals surface area contributed by atoms with Gasteiger partial charge in [0.2, 0.25) is 0 Å². The van der Waals surface area contributed by atoms with Crippen molar-refractivity contribution in [2.75, 3.05) is 0 Å². The van der Waals surface area contributed by atoms with E-state index < -0.39 is 0 Å². The number of rotatable bonds is 6. The smallest absolute Gasteiger partial charge is 0.191 e. The molecule has 0 aromatic carbocycles. The van der Waals surface area contributed by atoms with Crippen LogP contribution in [0.4, 0.5) is 0 Å². The van der Waals surface area contributed by atoms with E-state index in [1.54, 1.807) is 0 Å². The highest BCUT2D eigenvalue weighted by Crippen LogP contribution is 2.13. The van der Waals surface area contributed by atoms with Gasteiger partial charge < -0.3 is 4.42 Å². The first-order valence-corrected chi connectivity index (χ1v) is 6.06. The molecule has 0 atom stereocenters. The molecule has 0 aliphatic carbocycles. The third-order valence-corrected chi connectivity index (χ3v) is 2.43. The van der Waals surface area contributed by atoms with Gasteiger partial charge in [0, 0.05) is 19.8 Å². The van der Waals surface area contributed by atoms with Crippen LogP contribution in [0.25, 0.3) is 0 Å². The van der Waals surface area contributed by atoms with Crippen molar-refractivity contribution in [2.24, 2.45) is 0 Å². The minimum Gasteiger partial charge on any atom is -0.445 e. The average molecular weight is 231 g/mol. The zero-order valence-electron chi connectivity index (χ0n) is 11.0. The van der Waals surface area contributed by atoms with Crippen molar-refractivity contribution in [3.8, 4) is 0 Å². The molecule has 1 heterocycles. The van der Waals surface area contributed by atoms with Gasteiger partial charge in [0.05, 0.1) is 5.69 Å². The van der Waals surface area contributed by atoms with Gasteiger partial charge in [-0.05, 0) is 13.3 Å². The number of aromatic nitrogens is 1. The molecular weight excluding hydrogens is 210 g/mol. The summed E-state index contributed by atoms with van der Waals surface area (Å²) in [6.07, 6.45) is 10.9. The maximum atomic E-state index is 5.53. The standard InChI is InChI=1S/C15H21NO/c1-5-8-12(3)10-7-11-14-15(9-6-2)17-13(4)16-14/h6-8,10H,2,5,9,11H2,1,3-4H3/b10-7-,12-8-. The van der Waals surface area contributed by atoms with E-state index in [9.17, 15) is 0 Å². The number of hydrogen-bond donors (Lipinski definition) is 0. The minimum atomic E-state index is 0.728. The number of aryl methyl sites for hydroxylation is 1. The Labute approximate surface area is 104 Å². The van der Waals surface area contributed by atoms with Crippen molar-refractivity contribution < 1.29 is 4.42 Å². The molecule has 17 heavy (non-hydrogen) atoms. The molecule has 0 spiro atoms. The normalized spacial score (nSPS) is 12.3. The minimum absolute atomic E-state index is 0.728. The van der Waals surface area contributed by atoms with E-state index in [2.05, 4.69) is 43.6 Å². The van der Waals surface area contributed by atoms with E-state index in [0.717, 1.165) is 36.6 Å². The predicted octanol–water partition coefficient (Wildman–Crippen LogP) is 4.17. The van der Waals surface area contributed by atoms with Crippen LogP contribution in [-0.2, 0) is 12.8 Å². The lowest BCUT2D eigenvalue weighted by Gasteiger charge is -1.94. The first-order valence-electron chi connectivity index (χ1n) is 6.06. The van der Waals surface area contributed by atoms with Gasteiger partial charge in [0.1, 0.15) is 5.76 Å². The van der Waals surface area contributed by atoms with Gasteiger partial charge >= 0.3 is 0 Å². The fraction of sp³-hybridized carbons (Fsp3) is 0.400. The van der Waals surface area contributed by atoms with E-state index >= 15 is 0 Å². The van der Waals surface area contributed by atoms with E-state index in [1.165, 1.54) is 5.57 Å². The molecule has 0 aliphatic heterocycles. The van der Waals surface area contributed by atoms with Crippen molar-refractivity contribution in [3.63, 3.8) is 0 Å². The largest absolute Gasteiger partial charge is 0.445 e. The highest BCUT2D eigenvalue weighted by molar-refractivity contribution is 5.20. The molecule has 0 aliphatic rings. The van der Waals surface area contributed by atoms with Gasteiger partial charge in [-0.2, -0.15) is 0 Å². The van der Waals surface area contributed by atoms with Gasteiger partial charge in [-0.15, -0.1) is 6.58 Å². The molecular formula is C15H21NO. The van der Waals surface area contributed by atoms with Crippen molar-refractivity contribution in [2.45, 2.75) is 40.0 Å². The zero-order valence-corrected chi connectivity index (χ0v) is 11.0. The van der Waals surface area contributed by atoms with Crippen molar-refractivity contribution in [1.29, 1.82) is 0 Å². The van der Waals surface area contributed by atoms with E-state index in [1.807, 2.05) is 13.0 Å². The molecule has 0 N–H and O–H groups in total. The number of nitrogens with zero attached hydrogens (tertiary/aromatic N) is 1. The van der Waals surface area contributed by atoms with Gasteiger partial charge in [0.25, 0.3) is 0 Å². The van der Waals surface area contributed by atoms with Gasteiger partial charge in [-0.1, -0.05) is 36.8 Å². The molecule has 0 amide bonds. The zero-order chi connectivity index (χ0) is 12.7. The average Bonchev–Trinajstić information content (AvgIpc) is 2.60. The molecule has 2 nitrogen and oxygen atoms in total. The highest BCUT2D eigenvalue weighted by Gasteiger charge is 2.07. The number of allylic oxidation sites excluding steroid dienone is 5. The Bertz CT molecular complexity index is 424. The summed E-state index contributed by atoms with van der Waals surface area (Å²) in [5.41, 5.74) is 2.31. The van der Waals surface area contributed by atoms with Crippen molar-refractivity contribution in [3.05, 3.63) is 53.8 Å². The summed E-state index contributed by atoms with van der Waals surface area (Å²) in [5, 5.41) is 0. The van der Waals surface area contributed by atoms with Crippen molar-refractivity contribution >= 4 is 0 Å². The van der Waals surface area contributed by atoms with Crippen LogP contribution in [0.5, 0.6) is 0 Å². The van der Waals surface area contributed by atoms with Crippen LogP contribution >= 0.6 is 0 Å². The second-order valence-electron chi connectivity index (χ2n) is 4.06. The molecule has 0 radical (unpaired) electrons. The maximum absolute atomic E-state index is 5.53. The third-order valence-electron chi connectivity index (χ3n) is 2.43. The topological polar surface area (TPSA) is 26.0 Å². The van der Waals surface area contributed by atoms with Crippen LogP contribution in [0.3, 0.4) is 0 Å². The van der Waals surface area contributed by atoms with Gasteiger partial charge in [-0.3, -0.25) is 0 Å². The molecule has 0 saturated heterocycles. The molecule has 0 fully saturated rings. The number of hydrogen-bond acceptors (Lipinski definition) is 2. The van der Waals surface area contributed by atoms with Gasteiger partial charge in [-0.25, -0.2) is 4.98 Å². The van der Waals surface area contributed by atoms with Crippen LogP contribution in [0.15, 0.2) is 40.9 Å². The Morgan fingerprint density at radius 3 is 2.82 bits per heavy atom. The lowest BCUT2D eigenvalue weighted by molar-refractivity contribution is 0.484. The second kappa shape index (κ2) is 6.89. The Morgan fingerprint density at radius 1 is 1.41 bits per heavy atom. The lowest BCUT2D eigenvalue weighted by Crippen LogP contribution is -1.88. The summed E-state index contributed by atoms with van der Waals surface area (Å²) in [6.45, 7) is 9.85. The SMILES string of the molecule is C=CCc1oc(C)nc1C/C=C\C(C)=C/CC. The first kappa shape index (κ1) is 13.5. The summed E-state index contributed by atoms with van der Waals surface area (Å²) < 4.78 is 5.53. The van der Waals surface area contributed by atoms with E-state index in [-0.39, 0.29) is 0 Å². The number of oxazole rings is 1. The fourth-order valence-corrected chi connectivity index (χ4v) is 1.71. The third kappa shape index (κ3) is 4.43. The Balaban J connectivity index is 2.68. The van der Waals surface area contributed by atoms with Crippen LogP contribution in [0, 0.1) is 6.92 Å². The summed E-state index contributed by atoms with van der Waals surface area (Å²) in [6, 6.07) is 0. The maximum Gasteiger partial charge on any atom is 0.191 e. The Morgan fingerprint density at radius 2 is 2.18 bits per heavy atom. The van der Waals surface area contributed by atoms with Crippen LogP contribution in [0.2, 0.25) is 0 Å². The molecule has 92 valence electrons. The van der Waals surface area contributed by atoms with E-state index in [0.29, 0.717) is 0 Å². The Hall–Kier alpha value is -1.57. The summed E-state index contributed by atoms with van der Waals surface area (Å²) in [7, 11) is 0. The Kier molecular flexibility index (Phi) is 5.47. The summed E-state index contributed by atoms with van der Waals surface area (Å²) >= 11 is 0. The molecule has 0 saturated carbocycles. The van der Waals surface area contributed by atoms with Crippen LogP contribution < -0.4 is 0 Å². The molecule has 0 bridgehead atoms. The fourth-order valence-electron chi connectivity index (χ4n) is 1.71. The molecule has 2 heteroatoms. The highest BCUT2D eigenvalue weighted by atomic mass is 16.4. The second-order valence-corrected chi connectivity index (χ2v) is 4.06. The molecule has 0 unspecified atom stereocenters. The van der Waals surface area contributed by atoms with Crippen LogP contribution in [0.1, 0.15) is 37.6 Å².